The van der Waals surface area contributed by atoms with Crippen molar-refractivity contribution < 1.29 is 13.9 Å². The number of furan rings is 1. The molecule has 0 atom stereocenters. The molecule has 16 heavy (non-hydrogen) atoms. The van der Waals surface area contributed by atoms with Gasteiger partial charge in [-0.1, -0.05) is 12.1 Å². The molecule has 0 saturated heterocycles. The molecule has 0 fully saturated rings. The fourth-order valence-corrected chi connectivity index (χ4v) is 1.64. The molecule has 0 unspecified atom stereocenters. The van der Waals surface area contributed by atoms with Gasteiger partial charge < -0.3 is 13.9 Å². The Morgan fingerprint density at radius 3 is 2.88 bits per heavy atom. The maximum atomic E-state index is 9.16. The highest BCUT2D eigenvalue weighted by Gasteiger charge is 2.12. The Balaban J connectivity index is 2.23. The zero-order chi connectivity index (χ0) is 11.0. The standard InChI is InChI=1S/C12H9NO3/c14-7-8-3-1-4-9-11(8)16-12(13-9)10-5-2-6-15-10/h1-6,14H,7H2. The molecule has 80 valence electrons. The minimum absolute atomic E-state index is 0.0653. The lowest BCUT2D eigenvalue weighted by Gasteiger charge is -1.93. The zero-order valence-electron chi connectivity index (χ0n) is 8.38. The Labute approximate surface area is 91.1 Å². The number of para-hydroxylation sites is 1. The van der Waals surface area contributed by atoms with Crippen molar-refractivity contribution in [1.29, 1.82) is 0 Å². The summed E-state index contributed by atoms with van der Waals surface area (Å²) in [5.74, 6) is 1.01. The predicted molar refractivity (Wildman–Crippen MR) is 57.6 cm³/mol. The third kappa shape index (κ3) is 1.31. The van der Waals surface area contributed by atoms with Crippen LogP contribution in [0.5, 0.6) is 0 Å². The van der Waals surface area contributed by atoms with Crippen molar-refractivity contribution >= 4 is 11.1 Å². The summed E-state index contributed by atoms with van der Waals surface area (Å²) in [6, 6.07) is 9.03. The van der Waals surface area contributed by atoms with E-state index >= 15 is 0 Å². The van der Waals surface area contributed by atoms with Gasteiger partial charge in [0.05, 0.1) is 12.9 Å². The Morgan fingerprint density at radius 2 is 2.12 bits per heavy atom. The second-order valence-corrected chi connectivity index (χ2v) is 3.42. The lowest BCUT2D eigenvalue weighted by atomic mass is 10.2. The normalized spacial score (nSPS) is 11.1. The van der Waals surface area contributed by atoms with Crippen LogP contribution in [-0.4, -0.2) is 10.1 Å². The molecule has 2 heterocycles. The number of oxazole rings is 1. The van der Waals surface area contributed by atoms with E-state index in [9.17, 15) is 0 Å². The molecule has 3 aromatic rings. The van der Waals surface area contributed by atoms with Gasteiger partial charge in [0.1, 0.15) is 5.52 Å². The SMILES string of the molecule is OCc1cccc2nc(-c3ccco3)oc12. The molecule has 3 rings (SSSR count). The molecule has 0 amide bonds. The number of nitrogens with zero attached hydrogens (tertiary/aromatic N) is 1. The van der Waals surface area contributed by atoms with Gasteiger partial charge in [-0.15, -0.1) is 0 Å². The van der Waals surface area contributed by atoms with Gasteiger partial charge in [0, 0.05) is 5.56 Å². The van der Waals surface area contributed by atoms with Gasteiger partial charge in [0.25, 0.3) is 5.89 Å². The summed E-state index contributed by atoms with van der Waals surface area (Å²) in [5.41, 5.74) is 2.05. The molecule has 4 heteroatoms. The summed E-state index contributed by atoms with van der Waals surface area (Å²) in [6.07, 6.45) is 1.57. The molecule has 0 saturated carbocycles. The van der Waals surface area contributed by atoms with Gasteiger partial charge >= 0.3 is 0 Å². The molecule has 0 bridgehead atoms. The van der Waals surface area contributed by atoms with Gasteiger partial charge in [0.15, 0.2) is 11.3 Å². The molecule has 0 radical (unpaired) electrons. The Bertz CT molecular complexity index is 610. The van der Waals surface area contributed by atoms with Gasteiger partial charge in [-0.2, -0.15) is 0 Å². The van der Waals surface area contributed by atoms with Crippen molar-refractivity contribution in [1.82, 2.24) is 4.98 Å². The number of benzene rings is 1. The fraction of sp³-hybridized carbons (Fsp3) is 0.0833. The molecule has 0 aliphatic rings. The first kappa shape index (κ1) is 9.18. The number of hydrogen-bond acceptors (Lipinski definition) is 4. The van der Waals surface area contributed by atoms with E-state index in [-0.39, 0.29) is 6.61 Å². The van der Waals surface area contributed by atoms with Crippen LogP contribution in [0.1, 0.15) is 5.56 Å². The topological polar surface area (TPSA) is 59.4 Å². The number of rotatable bonds is 2. The van der Waals surface area contributed by atoms with Crippen molar-refractivity contribution in [3.63, 3.8) is 0 Å². The largest absolute Gasteiger partial charge is 0.459 e. The zero-order valence-corrected chi connectivity index (χ0v) is 8.38. The first-order chi connectivity index (χ1) is 7.88. The summed E-state index contributed by atoms with van der Waals surface area (Å²) in [6.45, 7) is -0.0653. The van der Waals surface area contributed by atoms with Crippen molar-refractivity contribution in [3.05, 3.63) is 42.2 Å². The van der Waals surface area contributed by atoms with Crippen LogP contribution in [0.4, 0.5) is 0 Å². The minimum Gasteiger partial charge on any atom is -0.459 e. The Hall–Kier alpha value is -2.07. The summed E-state index contributed by atoms with van der Waals surface area (Å²) >= 11 is 0. The van der Waals surface area contributed by atoms with E-state index in [4.69, 9.17) is 13.9 Å². The van der Waals surface area contributed by atoms with Gasteiger partial charge in [0.2, 0.25) is 0 Å². The molecular formula is C12H9NO3. The van der Waals surface area contributed by atoms with Gasteiger partial charge in [-0.25, -0.2) is 4.98 Å². The smallest absolute Gasteiger partial charge is 0.263 e. The number of aliphatic hydroxyl groups excluding tert-OH is 1. The van der Waals surface area contributed by atoms with Crippen LogP contribution in [0.15, 0.2) is 45.4 Å². The molecule has 0 aliphatic carbocycles. The molecule has 4 nitrogen and oxygen atoms in total. The fourth-order valence-electron chi connectivity index (χ4n) is 1.64. The second kappa shape index (κ2) is 3.50. The Morgan fingerprint density at radius 1 is 1.19 bits per heavy atom. The maximum absolute atomic E-state index is 9.16. The minimum atomic E-state index is -0.0653. The number of aliphatic hydroxyl groups is 1. The monoisotopic (exact) mass is 215 g/mol. The number of fused-ring (bicyclic) bond motifs is 1. The van der Waals surface area contributed by atoms with Gasteiger partial charge in [-0.05, 0) is 18.2 Å². The first-order valence-electron chi connectivity index (χ1n) is 4.91. The molecule has 0 spiro atoms. The van der Waals surface area contributed by atoms with E-state index in [1.54, 1.807) is 24.5 Å². The van der Waals surface area contributed by atoms with Crippen molar-refractivity contribution in [3.8, 4) is 11.7 Å². The van der Waals surface area contributed by atoms with Crippen molar-refractivity contribution in [2.24, 2.45) is 0 Å². The molecule has 1 N–H and O–H groups in total. The first-order valence-corrected chi connectivity index (χ1v) is 4.91. The lowest BCUT2D eigenvalue weighted by molar-refractivity contribution is 0.281. The van der Waals surface area contributed by atoms with Crippen LogP contribution in [-0.2, 0) is 6.61 Å². The second-order valence-electron chi connectivity index (χ2n) is 3.42. The summed E-state index contributed by atoms with van der Waals surface area (Å²) in [5, 5.41) is 9.16. The highest BCUT2D eigenvalue weighted by molar-refractivity contribution is 5.78. The summed E-state index contributed by atoms with van der Waals surface area (Å²) < 4.78 is 10.8. The lowest BCUT2D eigenvalue weighted by Crippen LogP contribution is -1.81. The summed E-state index contributed by atoms with van der Waals surface area (Å²) in [4.78, 5) is 4.29. The van der Waals surface area contributed by atoms with E-state index in [0.29, 0.717) is 17.2 Å². The molecule has 2 aromatic heterocycles. The number of hydrogen-bond donors (Lipinski definition) is 1. The highest BCUT2D eigenvalue weighted by atomic mass is 16.4. The van der Waals surface area contributed by atoms with E-state index in [0.717, 1.165) is 11.1 Å². The summed E-state index contributed by atoms with van der Waals surface area (Å²) in [7, 11) is 0. The average molecular weight is 215 g/mol. The maximum Gasteiger partial charge on any atom is 0.263 e. The van der Waals surface area contributed by atoms with Crippen LogP contribution >= 0.6 is 0 Å². The van der Waals surface area contributed by atoms with Crippen LogP contribution in [0.2, 0.25) is 0 Å². The third-order valence-corrected chi connectivity index (χ3v) is 2.40. The average Bonchev–Trinajstić information content (AvgIpc) is 2.96. The van der Waals surface area contributed by atoms with E-state index in [1.807, 2.05) is 12.1 Å². The molecule has 0 aliphatic heterocycles. The quantitative estimate of drug-likeness (QED) is 0.713. The van der Waals surface area contributed by atoms with Gasteiger partial charge in [-0.3, -0.25) is 0 Å². The Kier molecular flexibility index (Phi) is 2.01. The third-order valence-electron chi connectivity index (χ3n) is 2.40. The van der Waals surface area contributed by atoms with E-state index in [2.05, 4.69) is 4.98 Å². The van der Waals surface area contributed by atoms with E-state index in [1.165, 1.54) is 0 Å². The highest BCUT2D eigenvalue weighted by Crippen LogP contribution is 2.26. The van der Waals surface area contributed by atoms with E-state index < -0.39 is 0 Å². The van der Waals surface area contributed by atoms with Crippen LogP contribution in [0.3, 0.4) is 0 Å². The van der Waals surface area contributed by atoms with Crippen molar-refractivity contribution in [2.75, 3.05) is 0 Å². The van der Waals surface area contributed by atoms with Crippen LogP contribution < -0.4 is 0 Å². The molecular weight excluding hydrogens is 206 g/mol. The van der Waals surface area contributed by atoms with Crippen LogP contribution in [0.25, 0.3) is 22.8 Å². The van der Waals surface area contributed by atoms with Crippen LogP contribution in [0, 0.1) is 0 Å². The predicted octanol–water partition coefficient (Wildman–Crippen LogP) is 2.58. The van der Waals surface area contributed by atoms with Crippen molar-refractivity contribution in [2.45, 2.75) is 6.61 Å². The number of aromatic nitrogens is 1. The molecule has 1 aromatic carbocycles.